The van der Waals surface area contributed by atoms with E-state index in [9.17, 15) is 0 Å². The van der Waals surface area contributed by atoms with Crippen molar-refractivity contribution < 1.29 is 14.2 Å². The molecule has 1 aliphatic heterocycles. The van der Waals surface area contributed by atoms with Gasteiger partial charge in [-0.1, -0.05) is 30.3 Å². The van der Waals surface area contributed by atoms with Crippen molar-refractivity contribution in [2.24, 2.45) is 0 Å². The van der Waals surface area contributed by atoms with Gasteiger partial charge < -0.3 is 19.5 Å². The SMILES string of the molecule is COCc1ccccc1CNCc1ccc2c(c1)OCO2. The van der Waals surface area contributed by atoms with Gasteiger partial charge in [-0.25, -0.2) is 0 Å². The summed E-state index contributed by atoms with van der Waals surface area (Å²) >= 11 is 0. The molecule has 1 N–H and O–H groups in total. The van der Waals surface area contributed by atoms with Crippen LogP contribution in [0, 0.1) is 0 Å². The predicted octanol–water partition coefficient (Wildman–Crippen LogP) is 2.85. The molecule has 0 bridgehead atoms. The van der Waals surface area contributed by atoms with Crippen LogP contribution < -0.4 is 14.8 Å². The number of benzene rings is 2. The molecule has 0 amide bonds. The van der Waals surface area contributed by atoms with Crippen molar-refractivity contribution in [3.05, 3.63) is 59.2 Å². The Balaban J connectivity index is 1.59. The summed E-state index contributed by atoms with van der Waals surface area (Å²) in [6.07, 6.45) is 0. The third-order valence-electron chi connectivity index (χ3n) is 3.50. The highest BCUT2D eigenvalue weighted by Crippen LogP contribution is 2.32. The maximum absolute atomic E-state index is 5.39. The molecule has 1 heterocycles. The first-order chi connectivity index (χ1) is 10.4. The minimum absolute atomic E-state index is 0.316. The van der Waals surface area contributed by atoms with Crippen LogP contribution in [0.15, 0.2) is 42.5 Å². The Kier molecular flexibility index (Phi) is 4.38. The molecule has 4 nitrogen and oxygen atoms in total. The van der Waals surface area contributed by atoms with Crippen LogP contribution in [0.5, 0.6) is 11.5 Å². The highest BCUT2D eigenvalue weighted by Gasteiger charge is 2.12. The summed E-state index contributed by atoms with van der Waals surface area (Å²) in [5.74, 6) is 1.65. The molecule has 21 heavy (non-hydrogen) atoms. The van der Waals surface area contributed by atoms with Gasteiger partial charge in [-0.3, -0.25) is 0 Å². The number of rotatable bonds is 6. The largest absolute Gasteiger partial charge is 0.454 e. The van der Waals surface area contributed by atoms with Gasteiger partial charge in [-0.15, -0.1) is 0 Å². The molecule has 2 aromatic carbocycles. The van der Waals surface area contributed by atoms with E-state index in [4.69, 9.17) is 14.2 Å². The number of nitrogens with one attached hydrogen (secondary N) is 1. The first-order valence-corrected chi connectivity index (χ1v) is 7.02. The monoisotopic (exact) mass is 285 g/mol. The Hall–Kier alpha value is -2.04. The topological polar surface area (TPSA) is 39.7 Å². The zero-order valence-corrected chi connectivity index (χ0v) is 12.1. The van der Waals surface area contributed by atoms with Crippen molar-refractivity contribution in [3.63, 3.8) is 0 Å². The van der Waals surface area contributed by atoms with Crippen molar-refractivity contribution in [2.45, 2.75) is 19.7 Å². The van der Waals surface area contributed by atoms with Crippen LogP contribution in [0.25, 0.3) is 0 Å². The molecule has 0 aromatic heterocycles. The van der Waals surface area contributed by atoms with Crippen LogP contribution in [-0.4, -0.2) is 13.9 Å². The van der Waals surface area contributed by atoms with E-state index in [1.807, 2.05) is 18.2 Å². The van der Waals surface area contributed by atoms with E-state index >= 15 is 0 Å². The average molecular weight is 285 g/mol. The fourth-order valence-corrected chi connectivity index (χ4v) is 2.42. The third kappa shape index (κ3) is 3.35. The van der Waals surface area contributed by atoms with Crippen LogP contribution in [-0.2, 0) is 24.4 Å². The molecule has 1 aliphatic rings. The van der Waals surface area contributed by atoms with Crippen molar-refractivity contribution in [1.82, 2.24) is 5.32 Å². The third-order valence-corrected chi connectivity index (χ3v) is 3.50. The van der Waals surface area contributed by atoms with E-state index < -0.39 is 0 Å². The van der Waals surface area contributed by atoms with Crippen LogP contribution >= 0.6 is 0 Å². The molecule has 0 fully saturated rings. The van der Waals surface area contributed by atoms with Gasteiger partial charge in [-0.05, 0) is 28.8 Å². The summed E-state index contributed by atoms with van der Waals surface area (Å²) in [4.78, 5) is 0. The smallest absolute Gasteiger partial charge is 0.231 e. The summed E-state index contributed by atoms with van der Waals surface area (Å²) in [5.41, 5.74) is 3.67. The average Bonchev–Trinajstić information content (AvgIpc) is 2.97. The second-order valence-corrected chi connectivity index (χ2v) is 4.99. The van der Waals surface area contributed by atoms with Gasteiger partial charge in [0.2, 0.25) is 6.79 Å². The zero-order valence-electron chi connectivity index (χ0n) is 12.1. The second-order valence-electron chi connectivity index (χ2n) is 4.99. The quantitative estimate of drug-likeness (QED) is 0.886. The number of hydrogen-bond acceptors (Lipinski definition) is 4. The highest BCUT2D eigenvalue weighted by atomic mass is 16.7. The molecule has 0 saturated carbocycles. The molecule has 0 radical (unpaired) electrons. The first-order valence-electron chi connectivity index (χ1n) is 7.02. The van der Waals surface area contributed by atoms with Gasteiger partial charge in [0.1, 0.15) is 0 Å². The summed E-state index contributed by atoms with van der Waals surface area (Å²) in [5, 5.41) is 3.46. The fraction of sp³-hybridized carbons (Fsp3) is 0.294. The molecule has 2 aromatic rings. The Bertz CT molecular complexity index is 613. The standard InChI is InChI=1S/C17H19NO3/c1-19-11-15-5-3-2-4-14(15)10-18-9-13-6-7-16-17(8-13)21-12-20-16/h2-8,18H,9-12H2,1H3. The van der Waals surface area contributed by atoms with Crippen LogP contribution in [0.3, 0.4) is 0 Å². The maximum Gasteiger partial charge on any atom is 0.231 e. The zero-order chi connectivity index (χ0) is 14.5. The lowest BCUT2D eigenvalue weighted by atomic mass is 10.1. The van der Waals surface area contributed by atoms with Gasteiger partial charge in [0.05, 0.1) is 6.61 Å². The van der Waals surface area contributed by atoms with Crippen LogP contribution in [0.4, 0.5) is 0 Å². The lowest BCUT2D eigenvalue weighted by Crippen LogP contribution is -2.14. The molecule has 0 unspecified atom stereocenters. The Labute approximate surface area is 124 Å². The van der Waals surface area contributed by atoms with E-state index in [1.165, 1.54) is 16.7 Å². The summed E-state index contributed by atoms with van der Waals surface area (Å²) in [7, 11) is 1.72. The minimum atomic E-state index is 0.316. The molecule has 0 saturated heterocycles. The van der Waals surface area contributed by atoms with Gasteiger partial charge in [0, 0.05) is 20.2 Å². The fourth-order valence-electron chi connectivity index (χ4n) is 2.42. The van der Waals surface area contributed by atoms with Crippen LogP contribution in [0.2, 0.25) is 0 Å². The molecule has 110 valence electrons. The van der Waals surface area contributed by atoms with E-state index in [2.05, 4.69) is 29.6 Å². The molecule has 0 spiro atoms. The number of hydrogen-bond donors (Lipinski definition) is 1. The Morgan fingerprint density at radius 1 is 1.00 bits per heavy atom. The van der Waals surface area contributed by atoms with Gasteiger partial charge >= 0.3 is 0 Å². The Morgan fingerprint density at radius 3 is 2.67 bits per heavy atom. The van der Waals surface area contributed by atoms with Crippen molar-refractivity contribution in [2.75, 3.05) is 13.9 Å². The van der Waals surface area contributed by atoms with E-state index in [0.717, 1.165) is 24.6 Å². The molecule has 4 heteroatoms. The second kappa shape index (κ2) is 6.61. The lowest BCUT2D eigenvalue weighted by Gasteiger charge is -2.10. The number of fused-ring (bicyclic) bond motifs is 1. The van der Waals surface area contributed by atoms with Gasteiger partial charge in [0.25, 0.3) is 0 Å². The van der Waals surface area contributed by atoms with E-state index in [0.29, 0.717) is 13.4 Å². The predicted molar refractivity (Wildman–Crippen MR) is 80.3 cm³/mol. The normalized spacial score (nSPS) is 12.6. The Morgan fingerprint density at radius 2 is 1.81 bits per heavy atom. The number of methoxy groups -OCH3 is 1. The van der Waals surface area contributed by atoms with E-state index in [1.54, 1.807) is 7.11 Å². The van der Waals surface area contributed by atoms with Gasteiger partial charge in [0.15, 0.2) is 11.5 Å². The van der Waals surface area contributed by atoms with Crippen LogP contribution in [0.1, 0.15) is 16.7 Å². The summed E-state index contributed by atoms with van der Waals surface area (Å²) < 4.78 is 15.9. The molecule has 3 rings (SSSR count). The minimum Gasteiger partial charge on any atom is -0.454 e. The molecule has 0 aliphatic carbocycles. The summed E-state index contributed by atoms with van der Waals surface area (Å²) in [6.45, 7) is 2.56. The summed E-state index contributed by atoms with van der Waals surface area (Å²) in [6, 6.07) is 14.4. The highest BCUT2D eigenvalue weighted by molar-refractivity contribution is 5.44. The van der Waals surface area contributed by atoms with Gasteiger partial charge in [-0.2, -0.15) is 0 Å². The van der Waals surface area contributed by atoms with Crippen molar-refractivity contribution >= 4 is 0 Å². The molecular weight excluding hydrogens is 266 g/mol. The van der Waals surface area contributed by atoms with Crippen molar-refractivity contribution in [1.29, 1.82) is 0 Å². The lowest BCUT2D eigenvalue weighted by molar-refractivity contribution is 0.174. The van der Waals surface area contributed by atoms with Crippen molar-refractivity contribution in [3.8, 4) is 11.5 Å². The molecule has 0 atom stereocenters. The number of ether oxygens (including phenoxy) is 3. The first kappa shape index (κ1) is 13.9. The molecular formula is C17H19NO3. The van der Waals surface area contributed by atoms with E-state index in [-0.39, 0.29) is 0 Å². The maximum atomic E-state index is 5.39.